The summed E-state index contributed by atoms with van der Waals surface area (Å²) in [4.78, 5) is 20.6. The zero-order valence-corrected chi connectivity index (χ0v) is 26.2. The molecular weight excluding hydrogens is 801 g/mol. The standard InChI is InChI=1S/C6H4BrI.C5H11BO4.C5H3F3N2O3S.C3H2BrNS/c7-5-2-1-3-6(8)4-5;1-10-5(7)3-2-4-6(8)9;6-5(7,8)14(11,12)13-4-9-2-1-3-10-4;4-3-5-1-2-6-3/h1-4H;8-9H,2-4H2,1H3;1-3H;1-2H. The molecule has 19 heteroatoms. The van der Waals surface area contributed by atoms with Crippen LogP contribution < -0.4 is 4.18 Å². The van der Waals surface area contributed by atoms with Crippen molar-refractivity contribution in [2.45, 2.75) is 24.7 Å². The first kappa shape index (κ1) is 36.6. The van der Waals surface area contributed by atoms with Crippen LogP contribution in [0.5, 0.6) is 6.01 Å². The minimum atomic E-state index is -5.68. The predicted octanol–water partition coefficient (Wildman–Crippen LogP) is 5.08. The topological polar surface area (TPSA) is 149 Å². The van der Waals surface area contributed by atoms with Crippen molar-refractivity contribution in [1.29, 1.82) is 0 Å². The Bertz CT molecular complexity index is 1150. The van der Waals surface area contributed by atoms with E-state index in [1.165, 1.54) is 16.7 Å². The summed E-state index contributed by atoms with van der Waals surface area (Å²) in [6, 6.07) is 8.59. The van der Waals surface area contributed by atoms with Gasteiger partial charge in [-0.05, 0) is 75.5 Å². The van der Waals surface area contributed by atoms with Crippen LogP contribution >= 0.6 is 65.8 Å². The van der Waals surface area contributed by atoms with Crippen LogP contribution in [0.4, 0.5) is 13.2 Å². The molecule has 2 N–H and O–H groups in total. The Morgan fingerprint density at radius 1 is 1.13 bits per heavy atom. The van der Waals surface area contributed by atoms with E-state index in [1.54, 1.807) is 17.5 Å². The Hall–Kier alpha value is -1.39. The van der Waals surface area contributed by atoms with Crippen LogP contribution in [0.1, 0.15) is 12.8 Å². The van der Waals surface area contributed by atoms with Gasteiger partial charge in [0.15, 0.2) is 3.92 Å². The molecular formula is C19H20BBr2F3IN3O7S2. The summed E-state index contributed by atoms with van der Waals surface area (Å²) in [6.07, 6.45) is 4.77. The van der Waals surface area contributed by atoms with Gasteiger partial charge in [0.1, 0.15) is 0 Å². The highest BCUT2D eigenvalue weighted by Gasteiger charge is 2.49. The molecule has 0 amide bonds. The third kappa shape index (κ3) is 18.8. The van der Waals surface area contributed by atoms with Gasteiger partial charge >= 0.3 is 34.7 Å². The van der Waals surface area contributed by atoms with Crippen LogP contribution in [0.3, 0.4) is 0 Å². The number of alkyl halides is 3. The lowest BCUT2D eigenvalue weighted by Gasteiger charge is -2.06. The maximum atomic E-state index is 11.8. The number of ether oxygens (including phenoxy) is 1. The minimum Gasteiger partial charge on any atom is -0.469 e. The highest BCUT2D eigenvalue weighted by atomic mass is 127. The zero-order valence-electron chi connectivity index (χ0n) is 19.3. The Labute approximate surface area is 251 Å². The number of carbonyl (C=O) groups is 1. The van der Waals surface area contributed by atoms with Crippen molar-refractivity contribution >= 4 is 89.0 Å². The lowest BCUT2D eigenvalue weighted by atomic mass is 9.84. The van der Waals surface area contributed by atoms with Crippen molar-refractivity contribution in [2.24, 2.45) is 0 Å². The summed E-state index contributed by atoms with van der Waals surface area (Å²) < 4.78 is 67.3. The summed E-state index contributed by atoms with van der Waals surface area (Å²) in [5, 5.41) is 18.6. The van der Waals surface area contributed by atoms with Gasteiger partial charge in [0, 0.05) is 38.4 Å². The molecule has 3 rings (SSSR count). The minimum absolute atomic E-state index is 0.217. The second-order valence-corrected chi connectivity index (χ2v) is 12.1. The average molecular weight is 821 g/mol. The van der Waals surface area contributed by atoms with Crippen molar-refractivity contribution in [2.75, 3.05) is 7.11 Å². The van der Waals surface area contributed by atoms with Gasteiger partial charge in [0.2, 0.25) is 0 Å². The van der Waals surface area contributed by atoms with Crippen LogP contribution in [-0.2, 0) is 19.6 Å². The smallest absolute Gasteiger partial charge is 0.469 e. The summed E-state index contributed by atoms with van der Waals surface area (Å²) in [5.74, 6) is -0.319. The summed E-state index contributed by atoms with van der Waals surface area (Å²) in [6.45, 7) is 0. The van der Waals surface area contributed by atoms with Gasteiger partial charge in [-0.1, -0.05) is 22.0 Å². The van der Waals surface area contributed by atoms with Crippen molar-refractivity contribution < 1.29 is 45.4 Å². The number of methoxy groups -OCH3 is 1. The molecule has 0 atom stereocenters. The first-order valence-corrected chi connectivity index (χ1v) is 14.8. The number of benzene rings is 1. The van der Waals surface area contributed by atoms with E-state index in [2.05, 4.69) is 90.5 Å². The number of carbonyl (C=O) groups excluding carboxylic acids is 1. The maximum absolute atomic E-state index is 11.8. The molecule has 10 nitrogen and oxygen atoms in total. The van der Waals surface area contributed by atoms with Crippen molar-refractivity contribution in [3.05, 3.63) is 66.3 Å². The van der Waals surface area contributed by atoms with E-state index < -0.39 is 28.8 Å². The van der Waals surface area contributed by atoms with Gasteiger partial charge in [-0.15, -0.1) is 11.3 Å². The van der Waals surface area contributed by atoms with Crippen molar-refractivity contribution in [1.82, 2.24) is 15.0 Å². The van der Waals surface area contributed by atoms with E-state index in [4.69, 9.17) is 10.0 Å². The van der Waals surface area contributed by atoms with E-state index in [-0.39, 0.29) is 18.7 Å². The highest BCUT2D eigenvalue weighted by molar-refractivity contribution is 14.1. The summed E-state index contributed by atoms with van der Waals surface area (Å²) in [7, 11) is -5.69. The molecule has 0 saturated carbocycles. The van der Waals surface area contributed by atoms with Crippen LogP contribution in [0, 0.1) is 3.57 Å². The second-order valence-electron chi connectivity index (χ2n) is 6.19. The van der Waals surface area contributed by atoms with Crippen LogP contribution in [0.15, 0.2) is 62.7 Å². The molecule has 3 aromatic rings. The molecule has 0 radical (unpaired) electrons. The quantitative estimate of drug-likeness (QED) is 0.114. The fourth-order valence-electron chi connectivity index (χ4n) is 1.67. The molecule has 0 saturated heterocycles. The molecule has 2 aromatic heterocycles. The number of halogens is 6. The Balaban J connectivity index is 0.000000503. The Morgan fingerprint density at radius 3 is 2.13 bits per heavy atom. The molecule has 210 valence electrons. The number of esters is 1. The van der Waals surface area contributed by atoms with E-state index in [9.17, 15) is 26.4 Å². The van der Waals surface area contributed by atoms with Crippen molar-refractivity contribution in [3.8, 4) is 6.01 Å². The van der Waals surface area contributed by atoms with Crippen molar-refractivity contribution in [3.63, 3.8) is 0 Å². The third-order valence-corrected chi connectivity index (χ3v) is 6.69. The van der Waals surface area contributed by atoms with Gasteiger partial charge in [-0.25, -0.2) is 15.0 Å². The molecule has 2 heterocycles. The lowest BCUT2D eigenvalue weighted by Crippen LogP contribution is -2.28. The monoisotopic (exact) mass is 819 g/mol. The molecule has 0 bridgehead atoms. The first-order chi connectivity index (χ1) is 17.7. The zero-order chi connectivity index (χ0) is 29.2. The SMILES string of the molecule is Brc1cccc(I)c1.Brc1nccs1.COC(=O)CCCB(O)O.O=S(=O)(Oc1ncccn1)C(F)(F)F. The van der Waals surface area contributed by atoms with Crippen LogP contribution in [0.25, 0.3) is 0 Å². The number of hydrogen-bond donors (Lipinski definition) is 2. The third-order valence-electron chi connectivity index (χ3n) is 3.27. The Morgan fingerprint density at radius 2 is 1.76 bits per heavy atom. The molecule has 1 aromatic carbocycles. The fraction of sp³-hybridized carbons (Fsp3) is 0.263. The first-order valence-electron chi connectivity index (χ1n) is 9.84. The lowest BCUT2D eigenvalue weighted by molar-refractivity contribution is -0.140. The average Bonchev–Trinajstić information content (AvgIpc) is 3.30. The fourth-order valence-corrected chi connectivity index (χ4v) is 4.22. The normalized spacial score (nSPS) is 10.3. The molecule has 0 spiro atoms. The Kier molecular flexibility index (Phi) is 18.9. The van der Waals surface area contributed by atoms with E-state index in [1.807, 2.05) is 17.5 Å². The van der Waals surface area contributed by atoms with Gasteiger partial charge in [-0.3, -0.25) is 4.79 Å². The number of aromatic nitrogens is 3. The number of rotatable bonds is 6. The number of thiazole rings is 1. The molecule has 0 fully saturated rings. The number of nitrogens with zero attached hydrogens (tertiary/aromatic N) is 3. The van der Waals surface area contributed by atoms with Gasteiger partial charge in [0.05, 0.1) is 7.11 Å². The second kappa shape index (κ2) is 19.6. The molecule has 0 aliphatic rings. The molecule has 38 heavy (non-hydrogen) atoms. The van der Waals surface area contributed by atoms with E-state index in [0.717, 1.165) is 20.8 Å². The van der Waals surface area contributed by atoms with E-state index in [0.29, 0.717) is 6.42 Å². The predicted molar refractivity (Wildman–Crippen MR) is 151 cm³/mol. The molecule has 0 aliphatic carbocycles. The van der Waals surface area contributed by atoms with Crippen LogP contribution in [0.2, 0.25) is 6.32 Å². The summed E-state index contributed by atoms with van der Waals surface area (Å²) >= 11 is 10.4. The van der Waals surface area contributed by atoms with Gasteiger partial charge < -0.3 is 19.0 Å². The van der Waals surface area contributed by atoms with E-state index >= 15 is 0 Å². The highest BCUT2D eigenvalue weighted by Crippen LogP contribution is 2.24. The van der Waals surface area contributed by atoms with Gasteiger partial charge in [-0.2, -0.15) is 21.6 Å². The van der Waals surface area contributed by atoms with Gasteiger partial charge in [0.25, 0.3) is 0 Å². The maximum Gasteiger partial charge on any atom is 0.534 e. The largest absolute Gasteiger partial charge is 0.534 e. The number of hydrogen-bond acceptors (Lipinski definition) is 11. The van der Waals surface area contributed by atoms with Crippen LogP contribution in [-0.4, -0.2) is 59.1 Å². The summed E-state index contributed by atoms with van der Waals surface area (Å²) in [5.41, 5.74) is -5.48. The molecule has 0 aliphatic heterocycles. The molecule has 0 unspecified atom stereocenters.